The van der Waals surface area contributed by atoms with Crippen molar-refractivity contribution in [3.05, 3.63) is 108 Å². The average molecular weight is 555 g/mol. The molecule has 0 radical (unpaired) electrons. The third-order valence-electron chi connectivity index (χ3n) is 6.83. The fourth-order valence-corrected chi connectivity index (χ4v) is 5.28. The van der Waals surface area contributed by atoms with Gasteiger partial charge < -0.3 is 20.0 Å². The number of furan rings is 1. The lowest BCUT2D eigenvalue weighted by molar-refractivity contribution is 0.486. The smallest absolute Gasteiger partial charge is 0.199 e. The Kier molecular flexibility index (Phi) is 7.10. The minimum absolute atomic E-state index is 0.0962. The topological polar surface area (TPSA) is 105 Å². The Morgan fingerprint density at radius 2 is 1.90 bits per heavy atom. The number of anilines is 3. The molecule has 2 aromatic carbocycles. The van der Waals surface area contributed by atoms with Crippen molar-refractivity contribution in [2.75, 3.05) is 28.8 Å². The molecular formula is C30H30N6O3S. The van der Waals surface area contributed by atoms with Crippen molar-refractivity contribution in [3.63, 3.8) is 0 Å². The molecule has 0 spiro atoms. The first-order valence-electron chi connectivity index (χ1n) is 13.1. The molecule has 6 rings (SSSR count). The largest absolute Gasteiger partial charge is 0.444 e. The van der Waals surface area contributed by atoms with E-state index in [9.17, 15) is 8.42 Å². The lowest BCUT2D eigenvalue weighted by Gasteiger charge is -2.25. The Balaban J connectivity index is 1.15. The highest BCUT2D eigenvalue weighted by molar-refractivity contribution is 7.90. The maximum Gasteiger partial charge on any atom is 0.199 e. The van der Waals surface area contributed by atoms with Gasteiger partial charge in [0, 0.05) is 53.5 Å². The van der Waals surface area contributed by atoms with Crippen LogP contribution in [-0.2, 0) is 29.5 Å². The fourth-order valence-electron chi connectivity index (χ4n) is 4.76. The number of sulfone groups is 1. The third-order valence-corrected chi connectivity index (χ3v) is 7.77. The van der Waals surface area contributed by atoms with Crippen molar-refractivity contribution in [3.8, 4) is 0 Å². The molecular weight excluding hydrogens is 524 g/mol. The maximum atomic E-state index is 11.3. The van der Waals surface area contributed by atoms with Crippen LogP contribution < -0.4 is 15.5 Å². The van der Waals surface area contributed by atoms with Gasteiger partial charge in [0.25, 0.3) is 0 Å². The number of benzene rings is 2. The second kappa shape index (κ2) is 11.0. The van der Waals surface area contributed by atoms with Gasteiger partial charge in [-0.25, -0.2) is 8.42 Å². The van der Waals surface area contributed by atoms with Gasteiger partial charge in [0.1, 0.15) is 15.6 Å². The molecule has 1 aliphatic heterocycles. The van der Waals surface area contributed by atoms with Crippen molar-refractivity contribution < 1.29 is 12.8 Å². The van der Waals surface area contributed by atoms with Crippen LogP contribution in [0, 0.1) is 0 Å². The molecule has 5 aromatic rings. The first-order chi connectivity index (χ1) is 19.4. The van der Waals surface area contributed by atoms with Crippen LogP contribution in [0.15, 0.2) is 89.9 Å². The summed E-state index contributed by atoms with van der Waals surface area (Å²) in [7, 11) is -2.99. The first kappa shape index (κ1) is 25.8. The predicted molar refractivity (Wildman–Crippen MR) is 158 cm³/mol. The molecule has 9 nitrogen and oxygen atoms in total. The highest BCUT2D eigenvalue weighted by atomic mass is 32.2. The maximum absolute atomic E-state index is 11.3. The van der Waals surface area contributed by atoms with E-state index in [1.165, 1.54) is 11.8 Å². The van der Waals surface area contributed by atoms with Crippen LogP contribution in [0.25, 0.3) is 17.0 Å². The summed E-state index contributed by atoms with van der Waals surface area (Å²) in [5.74, 6) is 1.56. The fraction of sp³-hybridized carbons (Fsp3) is 0.200. The van der Waals surface area contributed by atoms with E-state index < -0.39 is 9.84 Å². The minimum atomic E-state index is -2.99. The van der Waals surface area contributed by atoms with Crippen LogP contribution in [-0.4, -0.2) is 41.7 Å². The molecule has 0 saturated carbocycles. The van der Waals surface area contributed by atoms with Crippen LogP contribution >= 0.6 is 0 Å². The number of pyridine rings is 1. The van der Waals surface area contributed by atoms with Crippen molar-refractivity contribution in [2.45, 2.75) is 19.6 Å². The Labute approximate surface area is 233 Å². The van der Waals surface area contributed by atoms with Gasteiger partial charge in [0.15, 0.2) is 5.88 Å². The molecule has 40 heavy (non-hydrogen) atoms. The SMILES string of the molecule is CS(=O)(=O)CCNCc1ccc(N2C=Cc3cncc(Nc4ccc5c(cnn5Cc5ccccc5)c4)c3C2)o1. The van der Waals surface area contributed by atoms with E-state index in [4.69, 9.17) is 4.42 Å². The first-order valence-corrected chi connectivity index (χ1v) is 15.1. The molecule has 10 heteroatoms. The molecule has 3 aromatic heterocycles. The van der Waals surface area contributed by atoms with Gasteiger partial charge in [0.2, 0.25) is 0 Å². The van der Waals surface area contributed by atoms with E-state index in [0.29, 0.717) is 19.6 Å². The number of aromatic nitrogens is 3. The van der Waals surface area contributed by atoms with Crippen molar-refractivity contribution in [1.29, 1.82) is 0 Å². The molecule has 2 N–H and O–H groups in total. The minimum Gasteiger partial charge on any atom is -0.444 e. The van der Waals surface area contributed by atoms with Crippen LogP contribution in [0.5, 0.6) is 0 Å². The van der Waals surface area contributed by atoms with Crippen molar-refractivity contribution in [2.24, 2.45) is 0 Å². The van der Waals surface area contributed by atoms with Crippen molar-refractivity contribution in [1.82, 2.24) is 20.1 Å². The average Bonchev–Trinajstić information content (AvgIpc) is 3.58. The molecule has 0 fully saturated rings. The number of nitrogens with one attached hydrogen (secondary N) is 2. The lowest BCUT2D eigenvalue weighted by atomic mass is 10.0. The quantitative estimate of drug-likeness (QED) is 0.234. The van der Waals surface area contributed by atoms with E-state index in [1.54, 1.807) is 0 Å². The van der Waals surface area contributed by atoms with Crippen LogP contribution in [0.1, 0.15) is 22.5 Å². The zero-order chi connectivity index (χ0) is 27.5. The van der Waals surface area contributed by atoms with Crippen LogP contribution in [0.4, 0.5) is 17.3 Å². The molecule has 0 saturated heterocycles. The Hall–Kier alpha value is -4.41. The van der Waals surface area contributed by atoms with Gasteiger partial charge >= 0.3 is 0 Å². The Bertz CT molecular complexity index is 1780. The summed E-state index contributed by atoms with van der Waals surface area (Å²) in [6.07, 6.45) is 10.9. The van der Waals surface area contributed by atoms with Gasteiger partial charge in [-0.05, 0) is 35.9 Å². The number of nitrogens with zero attached hydrogens (tertiary/aromatic N) is 4. The summed E-state index contributed by atoms with van der Waals surface area (Å²) in [5.41, 5.74) is 6.34. The van der Waals surface area contributed by atoms with Gasteiger partial charge in [0.05, 0.1) is 49.0 Å². The standard InChI is InChI=1S/C30H30N6O3S/c1-40(37,38)14-12-31-18-26-8-10-30(39-26)35-13-11-23-16-32-19-28(27(23)21-35)34-25-7-9-29-24(15-25)17-33-36(29)20-22-5-3-2-4-6-22/h2-11,13,15-17,19,31,34H,12,14,18,20-21H2,1H3. The van der Waals surface area contributed by atoms with E-state index in [2.05, 4.69) is 51.0 Å². The number of fused-ring (bicyclic) bond motifs is 2. The van der Waals surface area contributed by atoms with E-state index in [1.807, 2.05) is 70.8 Å². The summed E-state index contributed by atoms with van der Waals surface area (Å²) in [4.78, 5) is 6.49. The molecule has 0 atom stereocenters. The van der Waals surface area contributed by atoms with Crippen LogP contribution in [0.2, 0.25) is 0 Å². The second-order valence-electron chi connectivity index (χ2n) is 9.93. The zero-order valence-corrected chi connectivity index (χ0v) is 22.9. The lowest BCUT2D eigenvalue weighted by Crippen LogP contribution is -2.22. The summed E-state index contributed by atoms with van der Waals surface area (Å²) < 4.78 is 30.7. The highest BCUT2D eigenvalue weighted by Gasteiger charge is 2.19. The molecule has 0 unspecified atom stereocenters. The molecule has 4 heterocycles. The Morgan fingerprint density at radius 3 is 2.75 bits per heavy atom. The highest BCUT2D eigenvalue weighted by Crippen LogP contribution is 2.32. The van der Waals surface area contributed by atoms with Gasteiger partial charge in [-0.3, -0.25) is 9.67 Å². The molecule has 1 aliphatic rings. The third kappa shape index (κ3) is 5.93. The summed E-state index contributed by atoms with van der Waals surface area (Å²) >= 11 is 0. The molecule has 0 bridgehead atoms. The summed E-state index contributed by atoms with van der Waals surface area (Å²) in [6.45, 7) is 2.18. The van der Waals surface area contributed by atoms with Gasteiger partial charge in [-0.1, -0.05) is 30.3 Å². The van der Waals surface area contributed by atoms with Crippen molar-refractivity contribution >= 4 is 44.1 Å². The number of hydrogen-bond donors (Lipinski definition) is 2. The molecule has 0 amide bonds. The van der Waals surface area contributed by atoms with Crippen LogP contribution in [0.3, 0.4) is 0 Å². The summed E-state index contributed by atoms with van der Waals surface area (Å²) in [5, 5.41) is 12.3. The number of rotatable bonds is 10. The van der Waals surface area contributed by atoms with E-state index in [-0.39, 0.29) is 5.75 Å². The predicted octanol–water partition coefficient (Wildman–Crippen LogP) is 4.94. The Morgan fingerprint density at radius 1 is 1.02 bits per heavy atom. The van der Waals surface area contributed by atoms with E-state index in [0.717, 1.165) is 51.6 Å². The molecule has 204 valence electrons. The monoisotopic (exact) mass is 554 g/mol. The normalized spacial score (nSPS) is 13.1. The van der Waals surface area contributed by atoms with Gasteiger partial charge in [-0.2, -0.15) is 5.10 Å². The summed E-state index contributed by atoms with van der Waals surface area (Å²) in [6, 6.07) is 20.4. The second-order valence-corrected chi connectivity index (χ2v) is 12.2. The van der Waals surface area contributed by atoms with E-state index >= 15 is 0 Å². The number of hydrogen-bond acceptors (Lipinski definition) is 8. The van der Waals surface area contributed by atoms with Gasteiger partial charge in [-0.15, -0.1) is 0 Å². The zero-order valence-electron chi connectivity index (χ0n) is 22.1. The molecule has 0 aliphatic carbocycles.